The van der Waals surface area contributed by atoms with Crippen LogP contribution >= 0.6 is 11.3 Å². The summed E-state index contributed by atoms with van der Waals surface area (Å²) in [5, 5.41) is 12.1. The molecule has 0 bridgehead atoms. The fourth-order valence-corrected chi connectivity index (χ4v) is 2.69. The van der Waals surface area contributed by atoms with Crippen LogP contribution in [0.1, 0.15) is 28.5 Å². The van der Waals surface area contributed by atoms with Gasteiger partial charge in [0.1, 0.15) is 10.7 Å². The van der Waals surface area contributed by atoms with Crippen LogP contribution in [0.4, 0.5) is 0 Å². The van der Waals surface area contributed by atoms with Gasteiger partial charge in [-0.05, 0) is 25.1 Å². The van der Waals surface area contributed by atoms with Gasteiger partial charge in [-0.15, -0.1) is 11.3 Å². The maximum absolute atomic E-state index is 12.0. The van der Waals surface area contributed by atoms with Crippen molar-refractivity contribution in [3.05, 3.63) is 52.9 Å². The van der Waals surface area contributed by atoms with Crippen molar-refractivity contribution in [1.82, 2.24) is 25.5 Å². The van der Waals surface area contributed by atoms with Crippen molar-refractivity contribution in [1.29, 1.82) is 0 Å². The second-order valence-electron chi connectivity index (χ2n) is 4.48. The molecular weight excluding hydrogens is 286 g/mol. The van der Waals surface area contributed by atoms with Crippen molar-refractivity contribution in [2.75, 3.05) is 0 Å². The standard InChI is InChI=1S/C14H13N5OS/c1-9(17-13(20)11-4-6-16-19-11)14-18-12(8-21-14)10-3-2-5-15-7-10/h2-9H,1H3,(H,16,19)(H,17,20). The van der Waals surface area contributed by atoms with Crippen LogP contribution in [0.3, 0.4) is 0 Å². The highest BCUT2D eigenvalue weighted by Gasteiger charge is 2.15. The quantitative estimate of drug-likeness (QED) is 0.775. The first-order valence-electron chi connectivity index (χ1n) is 6.40. The van der Waals surface area contributed by atoms with Gasteiger partial charge in [0.2, 0.25) is 0 Å². The first-order chi connectivity index (χ1) is 10.2. The highest BCUT2D eigenvalue weighted by Crippen LogP contribution is 2.24. The molecule has 0 fully saturated rings. The first kappa shape index (κ1) is 13.4. The Hall–Kier alpha value is -2.54. The number of nitrogens with zero attached hydrogens (tertiary/aromatic N) is 3. The van der Waals surface area contributed by atoms with Crippen molar-refractivity contribution in [2.45, 2.75) is 13.0 Å². The minimum atomic E-state index is -0.196. The Morgan fingerprint density at radius 2 is 2.29 bits per heavy atom. The van der Waals surface area contributed by atoms with E-state index in [1.165, 1.54) is 11.3 Å². The largest absolute Gasteiger partial charge is 0.342 e. The third kappa shape index (κ3) is 2.97. The maximum Gasteiger partial charge on any atom is 0.269 e. The lowest BCUT2D eigenvalue weighted by atomic mass is 10.2. The molecule has 3 aromatic heterocycles. The Morgan fingerprint density at radius 1 is 1.38 bits per heavy atom. The van der Waals surface area contributed by atoms with Gasteiger partial charge in [-0.25, -0.2) is 4.98 Å². The zero-order chi connectivity index (χ0) is 14.7. The van der Waals surface area contributed by atoms with Gasteiger partial charge in [-0.3, -0.25) is 14.9 Å². The molecule has 0 aliphatic carbocycles. The second-order valence-corrected chi connectivity index (χ2v) is 5.37. The molecule has 0 radical (unpaired) electrons. The average Bonchev–Trinajstić information content (AvgIpc) is 3.20. The summed E-state index contributed by atoms with van der Waals surface area (Å²) in [6.45, 7) is 1.90. The number of carbonyl (C=O) groups is 1. The molecule has 0 spiro atoms. The summed E-state index contributed by atoms with van der Waals surface area (Å²) in [5.41, 5.74) is 2.27. The van der Waals surface area contributed by atoms with Crippen LogP contribution in [-0.2, 0) is 0 Å². The molecule has 21 heavy (non-hydrogen) atoms. The topological polar surface area (TPSA) is 83.6 Å². The predicted octanol–water partition coefficient (Wildman–Crippen LogP) is 2.42. The van der Waals surface area contributed by atoms with Crippen LogP contribution in [0.15, 0.2) is 42.2 Å². The van der Waals surface area contributed by atoms with Crippen LogP contribution in [0.5, 0.6) is 0 Å². The smallest absolute Gasteiger partial charge is 0.269 e. The summed E-state index contributed by atoms with van der Waals surface area (Å²) in [5.74, 6) is -0.196. The molecule has 2 N–H and O–H groups in total. The summed E-state index contributed by atoms with van der Waals surface area (Å²) >= 11 is 1.51. The van der Waals surface area contributed by atoms with E-state index in [1.807, 2.05) is 24.4 Å². The number of rotatable bonds is 4. The van der Waals surface area contributed by atoms with Gasteiger partial charge >= 0.3 is 0 Å². The SMILES string of the molecule is CC(NC(=O)c1ccn[nH]1)c1nc(-c2cccnc2)cs1. The highest BCUT2D eigenvalue weighted by atomic mass is 32.1. The van der Waals surface area contributed by atoms with Gasteiger partial charge in [0.05, 0.1) is 11.7 Å². The Balaban J connectivity index is 1.73. The minimum absolute atomic E-state index is 0.170. The summed E-state index contributed by atoms with van der Waals surface area (Å²) in [6, 6.07) is 5.29. The van der Waals surface area contributed by atoms with E-state index in [2.05, 4.69) is 25.5 Å². The molecule has 1 atom stereocenters. The Bertz CT molecular complexity index is 723. The average molecular weight is 299 g/mol. The molecular formula is C14H13N5OS. The van der Waals surface area contributed by atoms with Crippen LogP contribution < -0.4 is 5.32 Å². The van der Waals surface area contributed by atoms with Crippen LogP contribution in [0.2, 0.25) is 0 Å². The van der Waals surface area contributed by atoms with E-state index in [0.717, 1.165) is 16.3 Å². The van der Waals surface area contributed by atoms with Gasteiger partial charge in [-0.2, -0.15) is 5.10 Å². The van der Waals surface area contributed by atoms with Gasteiger partial charge < -0.3 is 5.32 Å². The number of thiazole rings is 1. The molecule has 106 valence electrons. The Kier molecular flexibility index (Phi) is 3.74. The number of hydrogen-bond donors (Lipinski definition) is 2. The molecule has 1 unspecified atom stereocenters. The lowest BCUT2D eigenvalue weighted by Gasteiger charge is -2.09. The summed E-state index contributed by atoms with van der Waals surface area (Å²) < 4.78 is 0. The predicted molar refractivity (Wildman–Crippen MR) is 79.8 cm³/mol. The van der Waals surface area contributed by atoms with Gasteiger partial charge in [0.15, 0.2) is 0 Å². The number of aromatic amines is 1. The van der Waals surface area contributed by atoms with Gasteiger partial charge in [0.25, 0.3) is 5.91 Å². The van der Waals surface area contributed by atoms with Crippen molar-refractivity contribution in [2.24, 2.45) is 0 Å². The molecule has 0 aromatic carbocycles. The maximum atomic E-state index is 12.0. The van der Waals surface area contributed by atoms with E-state index in [-0.39, 0.29) is 11.9 Å². The third-order valence-electron chi connectivity index (χ3n) is 2.94. The monoisotopic (exact) mass is 299 g/mol. The zero-order valence-corrected chi connectivity index (χ0v) is 12.1. The van der Waals surface area contributed by atoms with Crippen molar-refractivity contribution in [3.63, 3.8) is 0 Å². The highest BCUT2D eigenvalue weighted by molar-refractivity contribution is 7.10. The van der Waals surface area contributed by atoms with E-state index >= 15 is 0 Å². The number of amides is 1. The molecule has 1 amide bonds. The fraction of sp³-hybridized carbons (Fsp3) is 0.143. The molecule has 0 aliphatic heterocycles. The lowest BCUT2D eigenvalue weighted by molar-refractivity contribution is 0.0935. The van der Waals surface area contributed by atoms with Crippen molar-refractivity contribution < 1.29 is 4.79 Å². The molecule has 6 nitrogen and oxygen atoms in total. The van der Waals surface area contributed by atoms with Crippen molar-refractivity contribution in [3.8, 4) is 11.3 Å². The van der Waals surface area contributed by atoms with E-state index in [4.69, 9.17) is 0 Å². The first-order valence-corrected chi connectivity index (χ1v) is 7.28. The minimum Gasteiger partial charge on any atom is -0.342 e. The van der Waals surface area contributed by atoms with E-state index in [1.54, 1.807) is 24.7 Å². The summed E-state index contributed by atoms with van der Waals surface area (Å²) in [6.07, 6.45) is 5.04. The lowest BCUT2D eigenvalue weighted by Crippen LogP contribution is -2.26. The van der Waals surface area contributed by atoms with Crippen LogP contribution in [0.25, 0.3) is 11.3 Å². The molecule has 3 heterocycles. The summed E-state index contributed by atoms with van der Waals surface area (Å²) in [4.78, 5) is 20.6. The molecule has 3 rings (SSSR count). The zero-order valence-electron chi connectivity index (χ0n) is 11.3. The Labute approximate surface area is 125 Å². The molecule has 3 aromatic rings. The Morgan fingerprint density at radius 3 is 3.00 bits per heavy atom. The fourth-order valence-electron chi connectivity index (χ4n) is 1.85. The van der Waals surface area contributed by atoms with E-state index in [9.17, 15) is 4.79 Å². The summed E-state index contributed by atoms with van der Waals surface area (Å²) in [7, 11) is 0. The number of hydrogen-bond acceptors (Lipinski definition) is 5. The van der Waals surface area contributed by atoms with E-state index < -0.39 is 0 Å². The number of aromatic nitrogens is 4. The molecule has 0 aliphatic rings. The third-order valence-corrected chi connectivity index (χ3v) is 3.97. The second kappa shape index (κ2) is 5.84. The van der Waals surface area contributed by atoms with Crippen LogP contribution in [0, 0.1) is 0 Å². The van der Waals surface area contributed by atoms with Crippen LogP contribution in [-0.4, -0.2) is 26.1 Å². The number of carbonyl (C=O) groups excluding carboxylic acids is 1. The normalized spacial score (nSPS) is 12.0. The molecule has 0 saturated carbocycles. The van der Waals surface area contributed by atoms with Gasteiger partial charge in [0, 0.05) is 29.5 Å². The van der Waals surface area contributed by atoms with E-state index in [0.29, 0.717) is 5.69 Å². The van der Waals surface area contributed by atoms with Crippen molar-refractivity contribution >= 4 is 17.2 Å². The number of nitrogens with one attached hydrogen (secondary N) is 2. The molecule has 7 heteroatoms. The molecule has 0 saturated heterocycles. The van der Waals surface area contributed by atoms with Gasteiger partial charge in [-0.1, -0.05) is 0 Å². The number of H-pyrrole nitrogens is 1. The number of pyridine rings is 1.